The summed E-state index contributed by atoms with van der Waals surface area (Å²) in [5.41, 5.74) is 13.8. The van der Waals surface area contributed by atoms with Crippen LogP contribution in [0.2, 0.25) is 0 Å². The van der Waals surface area contributed by atoms with Gasteiger partial charge in [-0.3, -0.25) is 9.69 Å². The normalized spacial score (nSPS) is 14.4. The molecule has 8 nitrogen and oxygen atoms in total. The molecule has 3 aromatic rings. The van der Waals surface area contributed by atoms with Crippen LogP contribution in [0, 0.1) is 5.53 Å². The van der Waals surface area contributed by atoms with Crippen LogP contribution in [0.15, 0.2) is 81.3 Å². The summed E-state index contributed by atoms with van der Waals surface area (Å²) in [4.78, 5) is 30.6. The van der Waals surface area contributed by atoms with Crippen LogP contribution in [0.1, 0.15) is 65.1 Å². The molecule has 0 atom stereocenters. The number of guanidine groups is 1. The number of amides is 3. The Morgan fingerprint density at radius 1 is 1.00 bits per heavy atom. The van der Waals surface area contributed by atoms with Crippen molar-refractivity contribution in [2.75, 3.05) is 10.2 Å². The van der Waals surface area contributed by atoms with Gasteiger partial charge < -0.3 is 11.1 Å². The SMILES string of the molecule is N=NC(N)=NC(=O)c1ccc(CN(C(=O)Nc2cc(Br)cc(C(F)(F)F)c2)c2ccc(C3CCCCC3)cc2)cc1. The Balaban J connectivity index is 1.61. The molecule has 1 aliphatic carbocycles. The molecule has 0 saturated heterocycles. The fourth-order valence-electron chi connectivity index (χ4n) is 4.79. The molecule has 0 heterocycles. The Morgan fingerprint density at radius 2 is 1.66 bits per heavy atom. The van der Waals surface area contributed by atoms with Gasteiger partial charge >= 0.3 is 12.2 Å². The molecule has 0 radical (unpaired) electrons. The van der Waals surface area contributed by atoms with Crippen LogP contribution in [-0.2, 0) is 12.7 Å². The number of alkyl halides is 3. The molecule has 1 aliphatic rings. The Kier molecular flexibility index (Phi) is 9.53. The van der Waals surface area contributed by atoms with E-state index in [2.05, 4.69) is 31.4 Å². The van der Waals surface area contributed by atoms with Gasteiger partial charge in [0, 0.05) is 21.4 Å². The number of nitrogens with zero attached hydrogens (tertiary/aromatic N) is 3. The molecular weight excluding hydrogens is 601 g/mol. The van der Waals surface area contributed by atoms with E-state index in [1.54, 1.807) is 12.1 Å². The molecular formula is C29H28BrF3N6O2. The molecule has 3 aromatic carbocycles. The van der Waals surface area contributed by atoms with Gasteiger partial charge in [-0.1, -0.05) is 59.5 Å². The first kappa shape index (κ1) is 29.9. The molecule has 12 heteroatoms. The zero-order valence-electron chi connectivity index (χ0n) is 21.9. The standard InChI is InChI=1S/C29H28BrF3N6O2/c30-23-14-22(29(31,32)33)15-24(16-23)36-28(41)39(25-12-10-20(11-13-25)19-4-2-1-3-5-19)17-18-6-8-21(9-7-18)26(40)37-27(34)38-35/h6-16,19,35H,1-5,17H2,(H,36,41)(H2,34,37,40). The topological polar surface area (TPSA) is 124 Å². The second-order valence-electron chi connectivity index (χ2n) is 9.75. The molecule has 0 bridgehead atoms. The van der Waals surface area contributed by atoms with Crippen LogP contribution in [0.3, 0.4) is 0 Å². The average molecular weight is 629 g/mol. The van der Waals surface area contributed by atoms with Crippen molar-refractivity contribution in [2.24, 2.45) is 15.8 Å². The molecule has 0 spiro atoms. The number of carbonyl (C=O) groups excluding carboxylic acids is 2. The summed E-state index contributed by atoms with van der Waals surface area (Å²) >= 11 is 3.09. The Bertz CT molecular complexity index is 1440. The van der Waals surface area contributed by atoms with E-state index in [9.17, 15) is 22.8 Å². The molecule has 0 aliphatic heterocycles. The van der Waals surface area contributed by atoms with Crippen molar-refractivity contribution in [3.05, 3.63) is 93.5 Å². The third-order valence-corrected chi connectivity index (χ3v) is 7.33. The minimum Gasteiger partial charge on any atom is -0.366 e. The first-order valence-corrected chi connectivity index (χ1v) is 13.7. The number of carbonyl (C=O) groups is 2. The van der Waals surface area contributed by atoms with E-state index < -0.39 is 29.6 Å². The lowest BCUT2D eigenvalue weighted by molar-refractivity contribution is -0.137. The van der Waals surface area contributed by atoms with Crippen LogP contribution in [0.25, 0.3) is 0 Å². The van der Waals surface area contributed by atoms with Crippen LogP contribution in [-0.4, -0.2) is 17.9 Å². The Morgan fingerprint density at radius 3 is 2.27 bits per heavy atom. The number of aliphatic imine (C=N–C) groups is 1. The average Bonchev–Trinajstić information content (AvgIpc) is 2.96. The van der Waals surface area contributed by atoms with Crippen molar-refractivity contribution in [2.45, 2.75) is 50.7 Å². The minimum absolute atomic E-state index is 0.0169. The van der Waals surface area contributed by atoms with E-state index in [1.165, 1.54) is 47.9 Å². The molecule has 0 aromatic heterocycles. The predicted octanol–water partition coefficient (Wildman–Crippen LogP) is 8.24. The van der Waals surface area contributed by atoms with Gasteiger partial charge in [-0.05, 0) is 72.4 Å². The van der Waals surface area contributed by atoms with E-state index in [4.69, 9.17) is 11.3 Å². The third kappa shape index (κ3) is 8.00. The van der Waals surface area contributed by atoms with Crippen molar-refractivity contribution in [3.8, 4) is 0 Å². The second kappa shape index (κ2) is 13.1. The number of nitrogens with two attached hydrogens (primary N) is 1. The second-order valence-corrected chi connectivity index (χ2v) is 10.7. The summed E-state index contributed by atoms with van der Waals surface area (Å²) in [6.07, 6.45) is 1.25. The molecule has 4 rings (SSSR count). The van der Waals surface area contributed by atoms with Crippen molar-refractivity contribution in [1.29, 1.82) is 5.53 Å². The van der Waals surface area contributed by atoms with Gasteiger partial charge in [-0.25, -0.2) is 10.3 Å². The smallest absolute Gasteiger partial charge is 0.366 e. The van der Waals surface area contributed by atoms with E-state index in [0.717, 1.165) is 25.0 Å². The Labute approximate surface area is 243 Å². The molecule has 1 fully saturated rings. The molecule has 3 amide bonds. The largest absolute Gasteiger partial charge is 0.416 e. The highest BCUT2D eigenvalue weighted by molar-refractivity contribution is 9.10. The number of anilines is 2. The van der Waals surface area contributed by atoms with Gasteiger partial charge in [-0.2, -0.15) is 18.2 Å². The quantitative estimate of drug-likeness (QED) is 0.145. The van der Waals surface area contributed by atoms with Crippen LogP contribution in [0.4, 0.5) is 29.3 Å². The number of hydrogen-bond donors (Lipinski definition) is 3. The van der Waals surface area contributed by atoms with Crippen molar-refractivity contribution in [1.82, 2.24) is 0 Å². The van der Waals surface area contributed by atoms with Gasteiger partial charge in [0.1, 0.15) is 0 Å². The highest BCUT2D eigenvalue weighted by Gasteiger charge is 2.31. The van der Waals surface area contributed by atoms with Gasteiger partial charge in [-0.15, -0.1) is 5.11 Å². The summed E-state index contributed by atoms with van der Waals surface area (Å²) in [6.45, 7) is 0.0661. The van der Waals surface area contributed by atoms with E-state index in [-0.39, 0.29) is 22.3 Å². The summed E-state index contributed by atoms with van der Waals surface area (Å²) in [5, 5.41) is 5.49. The lowest BCUT2D eigenvalue weighted by Gasteiger charge is -2.26. The highest BCUT2D eigenvalue weighted by atomic mass is 79.9. The molecule has 1 saturated carbocycles. The maximum atomic E-state index is 13.5. The fraction of sp³-hybridized carbons (Fsp3) is 0.276. The predicted molar refractivity (Wildman–Crippen MR) is 154 cm³/mol. The van der Waals surface area contributed by atoms with Gasteiger partial charge in [0.15, 0.2) is 0 Å². The van der Waals surface area contributed by atoms with Crippen molar-refractivity contribution in [3.63, 3.8) is 0 Å². The van der Waals surface area contributed by atoms with E-state index in [1.807, 2.05) is 24.3 Å². The maximum absolute atomic E-state index is 13.5. The van der Waals surface area contributed by atoms with Gasteiger partial charge in [0.2, 0.25) is 5.96 Å². The minimum atomic E-state index is -4.58. The van der Waals surface area contributed by atoms with Crippen LogP contribution in [0.5, 0.6) is 0 Å². The van der Waals surface area contributed by atoms with Crippen molar-refractivity contribution < 1.29 is 22.8 Å². The van der Waals surface area contributed by atoms with E-state index >= 15 is 0 Å². The highest BCUT2D eigenvalue weighted by Crippen LogP contribution is 2.35. The summed E-state index contributed by atoms with van der Waals surface area (Å²) < 4.78 is 40.3. The number of urea groups is 1. The molecule has 4 N–H and O–H groups in total. The number of rotatable bonds is 6. The molecule has 0 unspecified atom stereocenters. The number of hydrogen-bond acceptors (Lipinski definition) is 3. The monoisotopic (exact) mass is 628 g/mol. The Hall–Kier alpha value is -4.06. The number of benzene rings is 3. The maximum Gasteiger partial charge on any atom is 0.416 e. The number of halogens is 4. The summed E-state index contributed by atoms with van der Waals surface area (Å²) in [5.74, 6) is -0.680. The first-order valence-electron chi connectivity index (χ1n) is 12.9. The van der Waals surface area contributed by atoms with Gasteiger partial charge in [0.25, 0.3) is 5.91 Å². The summed E-state index contributed by atoms with van der Waals surface area (Å²) in [7, 11) is 0. The van der Waals surface area contributed by atoms with E-state index in [0.29, 0.717) is 17.2 Å². The first-order chi connectivity index (χ1) is 19.5. The fourth-order valence-corrected chi connectivity index (χ4v) is 5.28. The third-order valence-electron chi connectivity index (χ3n) is 6.88. The van der Waals surface area contributed by atoms with Crippen LogP contribution < -0.4 is 16.0 Å². The lowest BCUT2D eigenvalue weighted by Crippen LogP contribution is -2.34. The van der Waals surface area contributed by atoms with Gasteiger partial charge in [0.05, 0.1) is 12.1 Å². The zero-order valence-corrected chi connectivity index (χ0v) is 23.5. The lowest BCUT2D eigenvalue weighted by atomic mass is 9.84. The number of nitrogens with one attached hydrogen (secondary N) is 2. The van der Waals surface area contributed by atoms with Crippen molar-refractivity contribution >= 4 is 45.2 Å². The molecule has 214 valence electrons. The molecule has 41 heavy (non-hydrogen) atoms. The van der Waals surface area contributed by atoms with Crippen LogP contribution >= 0.6 is 15.9 Å². The zero-order chi connectivity index (χ0) is 29.6. The summed E-state index contributed by atoms with van der Waals surface area (Å²) in [6, 6.07) is 16.5.